The third kappa shape index (κ3) is 8.41. The Hall–Kier alpha value is -3.38. The van der Waals surface area contributed by atoms with E-state index in [0.29, 0.717) is 60.4 Å². The van der Waals surface area contributed by atoms with Crippen LogP contribution in [0.2, 0.25) is 0 Å². The first-order valence-electron chi connectivity index (χ1n) is 14.7. The minimum absolute atomic E-state index is 0.108. The molecule has 3 heterocycles. The van der Waals surface area contributed by atoms with Crippen molar-refractivity contribution < 1.29 is 32.6 Å². The Labute approximate surface area is 260 Å². The average molecular weight is 634 g/mol. The van der Waals surface area contributed by atoms with Crippen LogP contribution in [0.4, 0.5) is 13.6 Å². The molecule has 0 saturated carbocycles. The van der Waals surface area contributed by atoms with E-state index in [1.165, 1.54) is 23.2 Å². The predicted molar refractivity (Wildman–Crippen MR) is 169 cm³/mol. The van der Waals surface area contributed by atoms with Gasteiger partial charge in [0.25, 0.3) is 5.91 Å². The summed E-state index contributed by atoms with van der Waals surface area (Å²) in [6.07, 6.45) is 8.54. The maximum atomic E-state index is 14.4. The summed E-state index contributed by atoms with van der Waals surface area (Å²) in [6, 6.07) is 3.32. The second kappa shape index (κ2) is 14.2. The maximum absolute atomic E-state index is 14.4. The van der Waals surface area contributed by atoms with Gasteiger partial charge in [-0.2, -0.15) is 0 Å². The van der Waals surface area contributed by atoms with Crippen LogP contribution in [0.25, 0.3) is 22.2 Å². The molecule has 9 nitrogen and oxygen atoms in total. The molecule has 3 aromatic rings. The lowest BCUT2D eigenvalue weighted by Crippen LogP contribution is -2.42. The molecule has 1 fully saturated rings. The van der Waals surface area contributed by atoms with E-state index in [9.17, 15) is 18.4 Å². The van der Waals surface area contributed by atoms with Gasteiger partial charge >= 0.3 is 6.09 Å². The topological polar surface area (TPSA) is 86.1 Å². The highest BCUT2D eigenvalue weighted by Gasteiger charge is 2.29. The molecule has 2 aromatic heterocycles. The van der Waals surface area contributed by atoms with Gasteiger partial charge in [-0.3, -0.25) is 4.79 Å². The minimum atomic E-state index is -0.720. The van der Waals surface area contributed by atoms with E-state index < -0.39 is 17.2 Å². The number of aromatic nitrogens is 2. The van der Waals surface area contributed by atoms with Crippen LogP contribution < -0.4 is 4.74 Å². The quantitative estimate of drug-likeness (QED) is 0.215. The molecule has 0 atom stereocenters. The molecule has 0 spiro atoms. The third-order valence-electron chi connectivity index (χ3n) is 7.24. The van der Waals surface area contributed by atoms with Gasteiger partial charge in [0.2, 0.25) is 0 Å². The summed E-state index contributed by atoms with van der Waals surface area (Å²) < 4.78 is 48.5. The second-order valence-corrected chi connectivity index (χ2v) is 14.9. The molecule has 12 heteroatoms. The van der Waals surface area contributed by atoms with E-state index in [2.05, 4.69) is 17.5 Å². The molecule has 4 rings (SSSR count). The van der Waals surface area contributed by atoms with Gasteiger partial charge in [0, 0.05) is 51.2 Å². The van der Waals surface area contributed by atoms with Crippen LogP contribution in [0, 0.1) is 17.6 Å². The smallest absolute Gasteiger partial charge is 0.410 e. The largest absolute Gasteiger partial charge is 0.492 e. The minimum Gasteiger partial charge on any atom is -0.492 e. The van der Waals surface area contributed by atoms with Crippen LogP contribution in [0.15, 0.2) is 30.6 Å². The fourth-order valence-corrected chi connectivity index (χ4v) is 5.45. The molecule has 0 aliphatic carbocycles. The number of benzene rings is 1. The Morgan fingerprint density at radius 2 is 1.75 bits per heavy atom. The van der Waals surface area contributed by atoms with Crippen molar-refractivity contribution in [2.75, 3.05) is 58.7 Å². The summed E-state index contributed by atoms with van der Waals surface area (Å²) in [5, 5.41) is 0.475. The van der Waals surface area contributed by atoms with E-state index in [1.807, 2.05) is 20.8 Å². The third-order valence-corrected chi connectivity index (χ3v) is 8.23. The first-order valence-corrected chi connectivity index (χ1v) is 16.9. The molecule has 0 radical (unpaired) electrons. The Bertz CT molecular complexity index is 1460. The lowest BCUT2D eigenvalue weighted by Gasteiger charge is -2.33. The second-order valence-electron chi connectivity index (χ2n) is 12.5. The molecule has 44 heavy (non-hydrogen) atoms. The summed E-state index contributed by atoms with van der Waals surface area (Å²) in [6.45, 7) is 7.56. The van der Waals surface area contributed by atoms with Gasteiger partial charge in [0.15, 0.2) is 0 Å². The van der Waals surface area contributed by atoms with E-state index in [0.717, 1.165) is 11.8 Å². The van der Waals surface area contributed by atoms with E-state index in [1.54, 1.807) is 29.8 Å². The monoisotopic (exact) mass is 633 g/mol. The highest BCUT2D eigenvalue weighted by molar-refractivity contribution is 7.95. The van der Waals surface area contributed by atoms with Crippen molar-refractivity contribution in [2.45, 2.75) is 45.9 Å². The number of piperidine rings is 1. The zero-order valence-electron chi connectivity index (χ0n) is 26.6. The molecule has 2 amide bonds. The first kappa shape index (κ1) is 33.5. The number of carbonyl (C=O) groups excluding carboxylic acids is 2. The molecule has 1 aliphatic heterocycles. The normalized spacial score (nSPS) is 14.4. The number of likely N-dealkylation sites (tertiary alicyclic amines) is 1. The average Bonchev–Trinajstić information content (AvgIpc) is 3.31. The van der Waals surface area contributed by atoms with Crippen LogP contribution in [0.3, 0.4) is 0 Å². The molecular formula is C32H43F2N4O5S+. The summed E-state index contributed by atoms with van der Waals surface area (Å²) >= 11 is 0. The zero-order valence-corrected chi connectivity index (χ0v) is 27.4. The van der Waals surface area contributed by atoms with Gasteiger partial charge in [-0.15, -0.1) is 0 Å². The molecule has 1 aromatic carbocycles. The Balaban J connectivity index is 1.69. The Morgan fingerprint density at radius 1 is 1.09 bits per heavy atom. The summed E-state index contributed by atoms with van der Waals surface area (Å²) in [7, 11) is 3.49. The van der Waals surface area contributed by atoms with Crippen molar-refractivity contribution in [2.24, 2.45) is 5.92 Å². The highest BCUT2D eigenvalue weighted by atomic mass is 32.2. The summed E-state index contributed by atoms with van der Waals surface area (Å²) in [5.74, 6) is -0.447. The van der Waals surface area contributed by atoms with Crippen LogP contribution in [-0.2, 0) is 27.1 Å². The van der Waals surface area contributed by atoms with E-state index >= 15 is 0 Å². The van der Waals surface area contributed by atoms with Gasteiger partial charge in [0.1, 0.15) is 46.7 Å². The molecule has 1 aliphatic rings. The zero-order chi connectivity index (χ0) is 32.2. The molecule has 0 N–H and O–H groups in total. The van der Waals surface area contributed by atoms with Crippen molar-refractivity contribution in [1.29, 1.82) is 0 Å². The lowest BCUT2D eigenvalue weighted by molar-refractivity contribution is 0.0164. The number of ether oxygens (including phenoxy) is 3. The van der Waals surface area contributed by atoms with Crippen molar-refractivity contribution >= 4 is 33.9 Å². The summed E-state index contributed by atoms with van der Waals surface area (Å²) in [4.78, 5) is 33.6. The number of hydrogen-bond acceptors (Lipinski definition) is 6. The van der Waals surface area contributed by atoms with Crippen molar-refractivity contribution in [3.63, 3.8) is 0 Å². The fourth-order valence-electron chi connectivity index (χ4n) is 5.00. The van der Waals surface area contributed by atoms with Gasteiger partial charge in [0.05, 0.1) is 31.1 Å². The van der Waals surface area contributed by atoms with Crippen LogP contribution >= 0.6 is 0 Å². The fraction of sp³-hybridized carbons (Fsp3) is 0.531. The van der Waals surface area contributed by atoms with Gasteiger partial charge in [-0.1, -0.05) is 0 Å². The number of fused-ring (bicyclic) bond motifs is 1. The predicted octanol–water partition coefficient (Wildman–Crippen LogP) is 5.56. The van der Waals surface area contributed by atoms with Gasteiger partial charge in [-0.25, -0.2) is 18.6 Å². The Morgan fingerprint density at radius 3 is 2.34 bits per heavy atom. The lowest BCUT2D eigenvalue weighted by atomic mass is 9.98. The number of amides is 2. The molecular weight excluding hydrogens is 590 g/mol. The molecule has 1 saturated heterocycles. The Kier molecular flexibility index (Phi) is 10.8. The number of rotatable bonds is 10. The van der Waals surface area contributed by atoms with Crippen molar-refractivity contribution in [3.05, 3.63) is 47.8 Å². The van der Waals surface area contributed by atoms with Crippen LogP contribution in [-0.4, -0.2) is 95.6 Å². The summed E-state index contributed by atoms with van der Waals surface area (Å²) in [5.41, 5.74) is 0.913. The molecule has 0 bridgehead atoms. The molecule has 0 unspecified atom stereocenters. The first-order chi connectivity index (χ1) is 20.7. The number of carbonyl (C=O) groups is 2. The standard InChI is InChI=1S/C32H43F2N4O5S/c1-32(2,3)43-31(40)37-10-8-21(9-11-37)19-42-28-25(30(39)36(4)5)17-35-29-27(28)26(22-14-23(33)16-24(34)15-22)18-38(29)20-41-12-13-44(6)7/h14-18,21H,8-13,19-20H2,1-7H3/q+1. The number of halogens is 2. The SMILES string of the molecule is CN(C)C(=O)c1cnc2c(c(-c3cc(F)cc(F)c3)cn2COCC[S+](C)C)c1OCC1CCN(C(=O)OC(C)(C)C)CC1. The van der Waals surface area contributed by atoms with Crippen LogP contribution in [0.1, 0.15) is 44.0 Å². The van der Waals surface area contributed by atoms with Crippen molar-refractivity contribution in [1.82, 2.24) is 19.4 Å². The van der Waals surface area contributed by atoms with E-state index in [-0.39, 0.29) is 47.7 Å². The number of hydrogen-bond donors (Lipinski definition) is 0. The maximum Gasteiger partial charge on any atom is 0.410 e. The van der Waals surface area contributed by atoms with E-state index in [4.69, 9.17) is 14.2 Å². The van der Waals surface area contributed by atoms with Gasteiger partial charge in [-0.05, 0) is 68.1 Å². The van der Waals surface area contributed by atoms with Gasteiger partial charge < -0.3 is 28.6 Å². The number of nitrogens with zero attached hydrogens (tertiary/aromatic N) is 4. The molecule has 240 valence electrons. The highest BCUT2D eigenvalue weighted by Crippen LogP contribution is 2.40. The van der Waals surface area contributed by atoms with Crippen molar-refractivity contribution in [3.8, 4) is 16.9 Å². The van der Waals surface area contributed by atoms with Crippen LogP contribution in [0.5, 0.6) is 5.75 Å². The number of pyridine rings is 1.